The van der Waals surface area contributed by atoms with Crippen LogP contribution in [0, 0.1) is 0 Å². The van der Waals surface area contributed by atoms with Crippen LogP contribution in [0.4, 0.5) is 5.69 Å². The molecule has 1 N–H and O–H groups in total. The number of carbonyl (C=O) groups excluding carboxylic acids is 1. The molecule has 0 bridgehead atoms. The number of halogens is 1. The fraction of sp³-hybridized carbons (Fsp3) is 0.174. The second-order valence-corrected chi connectivity index (χ2v) is 7.09. The Kier molecular flexibility index (Phi) is 7.67. The minimum atomic E-state index is -0.202. The van der Waals surface area contributed by atoms with E-state index < -0.39 is 0 Å². The molecule has 5 nitrogen and oxygen atoms in total. The average molecular weight is 456 g/mol. The Balaban J connectivity index is 1.55. The first-order valence-electron chi connectivity index (χ1n) is 9.15. The lowest BCUT2D eigenvalue weighted by Crippen LogP contribution is -2.12. The van der Waals surface area contributed by atoms with Crippen molar-refractivity contribution in [3.63, 3.8) is 0 Å². The number of anilines is 1. The van der Waals surface area contributed by atoms with Crippen molar-refractivity contribution >= 4 is 27.5 Å². The summed E-state index contributed by atoms with van der Waals surface area (Å²) in [6, 6.07) is 22.5. The van der Waals surface area contributed by atoms with Crippen molar-refractivity contribution in [1.29, 1.82) is 0 Å². The molecule has 1 amide bonds. The maximum absolute atomic E-state index is 12.5. The molecule has 3 aromatic carbocycles. The van der Waals surface area contributed by atoms with Gasteiger partial charge in [0.2, 0.25) is 0 Å². The molecule has 0 atom stereocenters. The van der Waals surface area contributed by atoms with Crippen LogP contribution in [0.1, 0.15) is 15.9 Å². The van der Waals surface area contributed by atoms with Crippen LogP contribution >= 0.6 is 15.9 Å². The van der Waals surface area contributed by atoms with Gasteiger partial charge in [0, 0.05) is 18.4 Å². The lowest BCUT2D eigenvalue weighted by Gasteiger charge is -2.11. The topological polar surface area (TPSA) is 56.8 Å². The van der Waals surface area contributed by atoms with Gasteiger partial charge in [0.15, 0.2) is 0 Å². The summed E-state index contributed by atoms with van der Waals surface area (Å²) in [5, 5.41) is 2.88. The number of hydrogen-bond donors (Lipinski definition) is 1. The molecule has 0 heterocycles. The zero-order valence-electron chi connectivity index (χ0n) is 16.1. The maximum Gasteiger partial charge on any atom is 0.255 e. The van der Waals surface area contributed by atoms with E-state index in [-0.39, 0.29) is 5.91 Å². The summed E-state index contributed by atoms with van der Waals surface area (Å²) in [7, 11) is 1.62. The summed E-state index contributed by atoms with van der Waals surface area (Å²) >= 11 is 3.44. The highest BCUT2D eigenvalue weighted by Gasteiger charge is 2.10. The highest BCUT2D eigenvalue weighted by atomic mass is 79.9. The molecule has 0 spiro atoms. The van der Waals surface area contributed by atoms with Gasteiger partial charge in [-0.3, -0.25) is 4.79 Å². The number of carbonyl (C=O) groups is 1. The fourth-order valence-corrected chi connectivity index (χ4v) is 3.07. The van der Waals surface area contributed by atoms with Crippen LogP contribution in [0.2, 0.25) is 0 Å². The number of ether oxygens (including phenoxy) is 3. The van der Waals surface area contributed by atoms with E-state index in [0.717, 1.165) is 11.3 Å². The first-order valence-corrected chi connectivity index (χ1v) is 9.94. The van der Waals surface area contributed by atoms with Gasteiger partial charge in [-0.05, 0) is 64.0 Å². The second-order valence-electron chi connectivity index (χ2n) is 6.24. The molecule has 0 aromatic heterocycles. The molecule has 0 aliphatic heterocycles. The Morgan fingerprint density at radius 2 is 1.69 bits per heavy atom. The molecule has 0 saturated carbocycles. The minimum Gasteiger partial charge on any atom is -0.490 e. The number of nitrogens with one attached hydrogen (secondary N) is 1. The van der Waals surface area contributed by atoms with E-state index in [4.69, 9.17) is 14.2 Å². The van der Waals surface area contributed by atoms with Crippen molar-refractivity contribution in [2.75, 3.05) is 25.6 Å². The molecule has 0 aliphatic carbocycles. The van der Waals surface area contributed by atoms with Crippen LogP contribution < -0.4 is 14.8 Å². The first-order chi connectivity index (χ1) is 14.2. The molecule has 29 heavy (non-hydrogen) atoms. The fourth-order valence-electron chi connectivity index (χ4n) is 2.57. The smallest absolute Gasteiger partial charge is 0.255 e. The van der Waals surface area contributed by atoms with Crippen molar-refractivity contribution in [2.45, 2.75) is 6.61 Å². The number of rotatable bonds is 9. The van der Waals surface area contributed by atoms with Gasteiger partial charge < -0.3 is 19.5 Å². The van der Waals surface area contributed by atoms with Crippen LogP contribution in [0.3, 0.4) is 0 Å². The lowest BCUT2D eigenvalue weighted by molar-refractivity contribution is 0.102. The molecule has 3 aromatic rings. The van der Waals surface area contributed by atoms with Crippen LogP contribution in [-0.2, 0) is 11.3 Å². The summed E-state index contributed by atoms with van der Waals surface area (Å²) < 4.78 is 17.0. The maximum atomic E-state index is 12.5. The standard InChI is InChI=1S/C23H22BrNO4/c1-27-13-14-28-22-12-7-18(15-21(22)24)23(26)25-19-8-10-20(11-9-19)29-16-17-5-3-2-4-6-17/h2-12,15H,13-14,16H2,1H3,(H,25,26). The van der Waals surface area contributed by atoms with E-state index in [9.17, 15) is 4.79 Å². The van der Waals surface area contributed by atoms with Gasteiger partial charge in [0.05, 0.1) is 11.1 Å². The van der Waals surface area contributed by atoms with Crippen molar-refractivity contribution in [3.05, 3.63) is 88.4 Å². The molecule has 0 unspecified atom stereocenters. The predicted octanol–water partition coefficient (Wildman–Crippen LogP) is 5.31. The van der Waals surface area contributed by atoms with E-state index in [1.54, 1.807) is 25.3 Å². The summed E-state index contributed by atoms with van der Waals surface area (Å²) in [6.07, 6.45) is 0. The van der Waals surface area contributed by atoms with Crippen LogP contribution in [-0.4, -0.2) is 26.2 Å². The Morgan fingerprint density at radius 3 is 2.38 bits per heavy atom. The molecule has 0 fully saturated rings. The van der Waals surface area contributed by atoms with Crippen molar-refractivity contribution in [2.24, 2.45) is 0 Å². The lowest BCUT2D eigenvalue weighted by atomic mass is 10.2. The summed E-state index contributed by atoms with van der Waals surface area (Å²) in [4.78, 5) is 12.5. The quantitative estimate of drug-likeness (QED) is 0.444. The van der Waals surface area contributed by atoms with Gasteiger partial charge in [-0.25, -0.2) is 0 Å². The molecule has 3 rings (SSSR count). The van der Waals surface area contributed by atoms with Crippen molar-refractivity contribution in [3.8, 4) is 11.5 Å². The summed E-state index contributed by atoms with van der Waals surface area (Å²) in [6.45, 7) is 1.44. The van der Waals surface area contributed by atoms with Crippen molar-refractivity contribution < 1.29 is 19.0 Å². The molecule has 0 saturated heterocycles. The van der Waals surface area contributed by atoms with Crippen LogP contribution in [0.25, 0.3) is 0 Å². The van der Waals surface area contributed by atoms with E-state index in [0.29, 0.717) is 41.3 Å². The van der Waals surface area contributed by atoms with Gasteiger partial charge in [0.1, 0.15) is 24.7 Å². The van der Waals surface area contributed by atoms with Crippen molar-refractivity contribution in [1.82, 2.24) is 0 Å². The van der Waals surface area contributed by atoms with E-state index in [2.05, 4.69) is 21.2 Å². The third-order valence-electron chi connectivity index (χ3n) is 4.10. The third kappa shape index (κ3) is 6.34. The third-order valence-corrected chi connectivity index (χ3v) is 4.72. The molecular formula is C23H22BrNO4. The largest absolute Gasteiger partial charge is 0.490 e. The Labute approximate surface area is 178 Å². The number of hydrogen-bond acceptors (Lipinski definition) is 4. The van der Waals surface area contributed by atoms with Gasteiger partial charge in [0.25, 0.3) is 5.91 Å². The molecule has 0 aliphatic rings. The van der Waals surface area contributed by atoms with E-state index >= 15 is 0 Å². The highest BCUT2D eigenvalue weighted by Crippen LogP contribution is 2.26. The highest BCUT2D eigenvalue weighted by molar-refractivity contribution is 9.10. The van der Waals surface area contributed by atoms with E-state index in [1.807, 2.05) is 54.6 Å². The minimum absolute atomic E-state index is 0.202. The second kappa shape index (κ2) is 10.6. The number of benzene rings is 3. The Bertz CT molecular complexity index is 929. The van der Waals surface area contributed by atoms with Gasteiger partial charge >= 0.3 is 0 Å². The molecular weight excluding hydrogens is 434 g/mol. The first kappa shape index (κ1) is 20.9. The average Bonchev–Trinajstić information content (AvgIpc) is 2.75. The Hall–Kier alpha value is -2.83. The summed E-state index contributed by atoms with van der Waals surface area (Å²) in [5.74, 6) is 1.21. The number of amides is 1. The van der Waals surface area contributed by atoms with Crippen LogP contribution in [0.15, 0.2) is 77.3 Å². The summed E-state index contributed by atoms with van der Waals surface area (Å²) in [5.41, 5.74) is 2.32. The van der Waals surface area contributed by atoms with Crippen LogP contribution in [0.5, 0.6) is 11.5 Å². The van der Waals surface area contributed by atoms with Gasteiger partial charge in [-0.1, -0.05) is 30.3 Å². The van der Waals surface area contributed by atoms with Gasteiger partial charge in [-0.2, -0.15) is 0 Å². The monoisotopic (exact) mass is 455 g/mol. The zero-order chi connectivity index (χ0) is 20.5. The predicted molar refractivity (Wildman–Crippen MR) is 117 cm³/mol. The van der Waals surface area contributed by atoms with Gasteiger partial charge in [-0.15, -0.1) is 0 Å². The molecule has 150 valence electrons. The zero-order valence-corrected chi connectivity index (χ0v) is 17.6. The Morgan fingerprint density at radius 1 is 0.931 bits per heavy atom. The molecule has 6 heteroatoms. The van der Waals surface area contributed by atoms with E-state index in [1.165, 1.54) is 0 Å². The number of methoxy groups -OCH3 is 1. The normalized spacial score (nSPS) is 10.4. The SMILES string of the molecule is COCCOc1ccc(C(=O)Nc2ccc(OCc3ccccc3)cc2)cc1Br. The molecule has 0 radical (unpaired) electrons.